The molecule has 1 atom stereocenters. The van der Waals surface area contributed by atoms with Crippen molar-refractivity contribution in [1.29, 1.82) is 0 Å². The molecule has 1 aromatic carbocycles. The molecule has 118 valence electrons. The summed E-state index contributed by atoms with van der Waals surface area (Å²) < 4.78 is 14.0. The lowest BCUT2D eigenvalue weighted by molar-refractivity contribution is 0.0958. The van der Waals surface area contributed by atoms with Gasteiger partial charge in [-0.1, -0.05) is 41.3 Å². The monoisotopic (exact) mass is 356 g/mol. The van der Waals surface area contributed by atoms with Crippen LogP contribution in [0.3, 0.4) is 0 Å². The third-order valence-corrected chi connectivity index (χ3v) is 5.59. The number of hydrogen-bond donors (Lipinski definition) is 1. The molecule has 4 heteroatoms. The van der Waals surface area contributed by atoms with Crippen molar-refractivity contribution in [3.8, 4) is 0 Å². The number of rotatable bonds is 5. The summed E-state index contributed by atoms with van der Waals surface area (Å²) in [6, 6.07) is 5.13. The Bertz CT molecular complexity index is 470. The maximum absolute atomic E-state index is 13.2. The van der Waals surface area contributed by atoms with Gasteiger partial charge in [-0.05, 0) is 51.6 Å². The molecule has 0 aliphatic heterocycles. The van der Waals surface area contributed by atoms with Crippen molar-refractivity contribution in [1.82, 2.24) is 10.2 Å². The van der Waals surface area contributed by atoms with Crippen molar-refractivity contribution < 1.29 is 4.39 Å². The van der Waals surface area contributed by atoms with Crippen molar-refractivity contribution in [2.45, 2.75) is 50.6 Å². The van der Waals surface area contributed by atoms with Gasteiger partial charge in [-0.15, -0.1) is 0 Å². The first-order valence-electron chi connectivity index (χ1n) is 7.80. The summed E-state index contributed by atoms with van der Waals surface area (Å²) in [6.45, 7) is 3.12. The predicted octanol–water partition coefficient (Wildman–Crippen LogP) is 4.50. The van der Waals surface area contributed by atoms with E-state index in [0.29, 0.717) is 0 Å². The Hall–Kier alpha value is -0.450. The fourth-order valence-electron chi connectivity index (χ4n) is 3.30. The third-order valence-electron chi connectivity index (χ3n) is 4.90. The second-order valence-corrected chi connectivity index (χ2v) is 7.30. The van der Waals surface area contributed by atoms with E-state index in [0.717, 1.165) is 16.6 Å². The predicted molar refractivity (Wildman–Crippen MR) is 90.0 cm³/mol. The maximum atomic E-state index is 13.2. The van der Waals surface area contributed by atoms with Gasteiger partial charge in [-0.2, -0.15) is 0 Å². The molecule has 1 aliphatic rings. The van der Waals surface area contributed by atoms with E-state index in [1.807, 2.05) is 6.07 Å². The summed E-state index contributed by atoms with van der Waals surface area (Å²) in [5.74, 6) is -0.199. The third kappa shape index (κ3) is 4.05. The molecular weight excluding hydrogens is 331 g/mol. The second-order valence-electron chi connectivity index (χ2n) is 6.45. The molecule has 1 fully saturated rings. The molecule has 1 aliphatic carbocycles. The molecule has 0 bridgehead atoms. The molecule has 2 rings (SSSR count). The van der Waals surface area contributed by atoms with Gasteiger partial charge in [-0.3, -0.25) is 0 Å². The first-order valence-corrected chi connectivity index (χ1v) is 8.60. The Balaban J connectivity index is 2.03. The van der Waals surface area contributed by atoms with Gasteiger partial charge in [0.25, 0.3) is 0 Å². The Morgan fingerprint density at radius 3 is 2.52 bits per heavy atom. The quantitative estimate of drug-likeness (QED) is 0.835. The number of nitrogens with one attached hydrogen (secondary N) is 1. The topological polar surface area (TPSA) is 15.3 Å². The summed E-state index contributed by atoms with van der Waals surface area (Å²) >= 11 is 3.47. The van der Waals surface area contributed by atoms with E-state index in [1.54, 1.807) is 0 Å². The van der Waals surface area contributed by atoms with Gasteiger partial charge in [0.2, 0.25) is 0 Å². The van der Waals surface area contributed by atoms with E-state index in [1.165, 1.54) is 44.2 Å². The van der Waals surface area contributed by atoms with E-state index in [-0.39, 0.29) is 17.4 Å². The van der Waals surface area contributed by atoms with Gasteiger partial charge in [0, 0.05) is 22.6 Å². The first-order chi connectivity index (χ1) is 9.94. The van der Waals surface area contributed by atoms with Crippen LogP contribution in [-0.4, -0.2) is 31.1 Å². The highest BCUT2D eigenvalue weighted by Gasteiger charge is 2.34. The fourth-order valence-corrected chi connectivity index (χ4v) is 3.99. The van der Waals surface area contributed by atoms with Crippen LogP contribution in [0.15, 0.2) is 22.7 Å². The summed E-state index contributed by atoms with van der Waals surface area (Å²) in [5, 5.41) is 3.66. The molecule has 0 heterocycles. The SMILES string of the molecule is CC(NCC1(N(C)C)CCCCC1)c1ccc(F)cc1Br. The minimum atomic E-state index is -0.199. The van der Waals surface area contributed by atoms with E-state index in [2.05, 4.69) is 47.2 Å². The zero-order valence-corrected chi connectivity index (χ0v) is 14.8. The molecule has 1 saturated carbocycles. The zero-order chi connectivity index (χ0) is 15.5. The van der Waals surface area contributed by atoms with Crippen molar-refractivity contribution >= 4 is 15.9 Å². The minimum Gasteiger partial charge on any atom is -0.308 e. The smallest absolute Gasteiger partial charge is 0.124 e. The first kappa shape index (κ1) is 16.9. The van der Waals surface area contributed by atoms with Crippen molar-refractivity contribution in [3.05, 3.63) is 34.1 Å². The normalized spacial score (nSPS) is 19.7. The molecule has 21 heavy (non-hydrogen) atoms. The Morgan fingerprint density at radius 2 is 1.95 bits per heavy atom. The standard InChI is InChI=1S/C17H26BrFN2/c1-13(15-8-7-14(19)11-16(15)18)20-12-17(21(2)3)9-5-4-6-10-17/h7-8,11,13,20H,4-6,9-10,12H2,1-3H3. The van der Waals surface area contributed by atoms with Gasteiger partial charge in [0.1, 0.15) is 5.82 Å². The Kier molecular flexibility index (Phi) is 5.81. The summed E-state index contributed by atoms with van der Waals surface area (Å²) in [4.78, 5) is 2.38. The summed E-state index contributed by atoms with van der Waals surface area (Å²) in [5.41, 5.74) is 1.38. The molecular formula is C17H26BrFN2. The largest absolute Gasteiger partial charge is 0.308 e. The van der Waals surface area contributed by atoms with Crippen molar-refractivity contribution in [2.75, 3.05) is 20.6 Å². The number of hydrogen-bond acceptors (Lipinski definition) is 2. The van der Waals surface area contributed by atoms with Crippen LogP contribution in [0.1, 0.15) is 50.6 Å². The molecule has 1 unspecified atom stereocenters. The summed E-state index contributed by atoms with van der Waals surface area (Å²) in [6.07, 6.45) is 6.49. The Morgan fingerprint density at radius 1 is 1.29 bits per heavy atom. The molecule has 0 amide bonds. The van der Waals surface area contributed by atoms with Gasteiger partial charge in [-0.25, -0.2) is 4.39 Å². The molecule has 0 radical (unpaired) electrons. The van der Waals surface area contributed by atoms with Crippen LogP contribution in [0.25, 0.3) is 0 Å². The molecule has 2 nitrogen and oxygen atoms in total. The van der Waals surface area contributed by atoms with Gasteiger partial charge in [0.05, 0.1) is 0 Å². The molecule has 0 saturated heterocycles. The number of nitrogens with zero attached hydrogens (tertiary/aromatic N) is 1. The van der Waals surface area contributed by atoms with Crippen LogP contribution < -0.4 is 5.32 Å². The molecule has 0 spiro atoms. The highest BCUT2D eigenvalue weighted by molar-refractivity contribution is 9.10. The van der Waals surface area contributed by atoms with Crippen LogP contribution in [0.5, 0.6) is 0 Å². The average Bonchev–Trinajstić information content (AvgIpc) is 2.45. The molecule has 0 aromatic heterocycles. The van der Waals surface area contributed by atoms with Crippen LogP contribution >= 0.6 is 15.9 Å². The van der Waals surface area contributed by atoms with E-state index >= 15 is 0 Å². The lowest BCUT2D eigenvalue weighted by Gasteiger charge is -2.44. The number of likely N-dealkylation sites (N-methyl/N-ethyl adjacent to an activating group) is 1. The number of halogens is 2. The van der Waals surface area contributed by atoms with Crippen LogP contribution in [0, 0.1) is 5.82 Å². The average molecular weight is 357 g/mol. The highest BCUT2D eigenvalue weighted by Crippen LogP contribution is 2.32. The zero-order valence-electron chi connectivity index (χ0n) is 13.3. The van der Waals surface area contributed by atoms with E-state index in [9.17, 15) is 4.39 Å². The highest BCUT2D eigenvalue weighted by atomic mass is 79.9. The lowest BCUT2D eigenvalue weighted by Crippen LogP contribution is -2.53. The van der Waals surface area contributed by atoms with E-state index < -0.39 is 0 Å². The van der Waals surface area contributed by atoms with Crippen LogP contribution in [0.2, 0.25) is 0 Å². The van der Waals surface area contributed by atoms with Crippen LogP contribution in [0.4, 0.5) is 4.39 Å². The van der Waals surface area contributed by atoms with Crippen molar-refractivity contribution in [2.24, 2.45) is 0 Å². The summed E-state index contributed by atoms with van der Waals surface area (Å²) in [7, 11) is 4.37. The maximum Gasteiger partial charge on any atom is 0.124 e. The minimum absolute atomic E-state index is 0.199. The molecule has 1 N–H and O–H groups in total. The van der Waals surface area contributed by atoms with Crippen molar-refractivity contribution in [3.63, 3.8) is 0 Å². The molecule has 1 aromatic rings. The Labute approximate surface area is 136 Å². The lowest BCUT2D eigenvalue weighted by atomic mass is 9.80. The second kappa shape index (κ2) is 7.21. The van der Waals surface area contributed by atoms with E-state index in [4.69, 9.17) is 0 Å². The van der Waals surface area contributed by atoms with Gasteiger partial charge in [0.15, 0.2) is 0 Å². The fraction of sp³-hybridized carbons (Fsp3) is 0.647. The van der Waals surface area contributed by atoms with Crippen LogP contribution in [-0.2, 0) is 0 Å². The van der Waals surface area contributed by atoms with Gasteiger partial charge < -0.3 is 10.2 Å². The van der Waals surface area contributed by atoms with Gasteiger partial charge >= 0.3 is 0 Å². The number of benzene rings is 1.